The molecule has 2 aromatic carbocycles. The van der Waals surface area contributed by atoms with E-state index in [1.165, 1.54) is 12.1 Å². The average molecular weight is 322 g/mol. The van der Waals surface area contributed by atoms with Gasteiger partial charge >= 0.3 is 0 Å². The maximum atomic E-state index is 11.9. The SMILES string of the molecule is Cc1ccc(S(=O)(=O)OC[C@H](O)COc2ccccc2)cc1. The van der Waals surface area contributed by atoms with Gasteiger partial charge in [0.2, 0.25) is 0 Å². The summed E-state index contributed by atoms with van der Waals surface area (Å²) < 4.78 is 34.1. The average Bonchev–Trinajstić information content (AvgIpc) is 2.52. The molecule has 0 spiro atoms. The highest BCUT2D eigenvalue weighted by atomic mass is 32.2. The van der Waals surface area contributed by atoms with Crippen molar-refractivity contribution >= 4 is 10.1 Å². The molecule has 118 valence electrons. The molecule has 0 radical (unpaired) electrons. The Morgan fingerprint density at radius 2 is 1.64 bits per heavy atom. The van der Waals surface area contributed by atoms with Crippen LogP contribution in [0.15, 0.2) is 59.5 Å². The van der Waals surface area contributed by atoms with Crippen LogP contribution in [0.2, 0.25) is 0 Å². The number of hydrogen-bond acceptors (Lipinski definition) is 5. The summed E-state index contributed by atoms with van der Waals surface area (Å²) in [6.45, 7) is 1.46. The number of hydrogen-bond donors (Lipinski definition) is 1. The minimum Gasteiger partial charge on any atom is -0.491 e. The Kier molecular flexibility index (Phi) is 5.54. The lowest BCUT2D eigenvalue weighted by molar-refractivity contribution is 0.0648. The molecule has 22 heavy (non-hydrogen) atoms. The summed E-state index contributed by atoms with van der Waals surface area (Å²) in [6.07, 6.45) is -1.04. The predicted octanol–water partition coefficient (Wildman–Crippen LogP) is 2.14. The van der Waals surface area contributed by atoms with E-state index >= 15 is 0 Å². The molecule has 0 fully saturated rings. The van der Waals surface area contributed by atoms with E-state index in [0.29, 0.717) is 5.75 Å². The molecule has 1 atom stereocenters. The van der Waals surface area contributed by atoms with E-state index < -0.39 is 16.2 Å². The maximum Gasteiger partial charge on any atom is 0.297 e. The van der Waals surface area contributed by atoms with Gasteiger partial charge in [-0.25, -0.2) is 0 Å². The van der Waals surface area contributed by atoms with E-state index in [0.717, 1.165) is 5.56 Å². The van der Waals surface area contributed by atoms with E-state index in [4.69, 9.17) is 8.92 Å². The highest BCUT2D eigenvalue weighted by Gasteiger charge is 2.17. The Morgan fingerprint density at radius 3 is 2.27 bits per heavy atom. The Labute approximate surface area is 130 Å². The molecule has 2 rings (SSSR count). The molecular formula is C16H18O5S. The number of aliphatic hydroxyl groups is 1. The molecule has 6 heteroatoms. The first-order chi connectivity index (χ1) is 10.5. The maximum absolute atomic E-state index is 11.9. The lowest BCUT2D eigenvalue weighted by Gasteiger charge is -2.13. The highest BCUT2D eigenvalue weighted by Crippen LogP contribution is 2.14. The largest absolute Gasteiger partial charge is 0.491 e. The van der Waals surface area contributed by atoms with Gasteiger partial charge in [-0.3, -0.25) is 4.18 Å². The lowest BCUT2D eigenvalue weighted by atomic mass is 10.2. The Balaban J connectivity index is 1.85. The first-order valence-corrected chi connectivity index (χ1v) is 8.20. The molecule has 0 aromatic heterocycles. The van der Waals surface area contributed by atoms with Gasteiger partial charge < -0.3 is 9.84 Å². The van der Waals surface area contributed by atoms with Crippen molar-refractivity contribution in [2.24, 2.45) is 0 Å². The van der Waals surface area contributed by atoms with E-state index in [1.807, 2.05) is 13.0 Å². The minimum absolute atomic E-state index is 0.0482. The van der Waals surface area contributed by atoms with Gasteiger partial charge in [0, 0.05) is 0 Å². The van der Waals surface area contributed by atoms with Crippen LogP contribution in [0.5, 0.6) is 5.75 Å². The molecule has 0 amide bonds. The van der Waals surface area contributed by atoms with Crippen molar-refractivity contribution in [1.82, 2.24) is 0 Å². The molecule has 0 bridgehead atoms. The molecule has 5 nitrogen and oxygen atoms in total. The summed E-state index contributed by atoms with van der Waals surface area (Å²) in [6, 6.07) is 15.3. The number of para-hydroxylation sites is 1. The normalized spacial score (nSPS) is 12.8. The highest BCUT2D eigenvalue weighted by molar-refractivity contribution is 7.86. The van der Waals surface area contributed by atoms with Crippen molar-refractivity contribution in [3.8, 4) is 5.75 Å². The first-order valence-electron chi connectivity index (χ1n) is 6.79. The number of aryl methyl sites for hydroxylation is 1. The van der Waals surface area contributed by atoms with E-state index in [2.05, 4.69) is 0 Å². The van der Waals surface area contributed by atoms with Crippen molar-refractivity contribution in [2.75, 3.05) is 13.2 Å². The summed E-state index contributed by atoms with van der Waals surface area (Å²) in [4.78, 5) is 0.0641. The second-order valence-electron chi connectivity index (χ2n) is 4.83. The fourth-order valence-electron chi connectivity index (χ4n) is 1.70. The van der Waals surface area contributed by atoms with Gasteiger partial charge in [-0.05, 0) is 31.2 Å². The van der Waals surface area contributed by atoms with Gasteiger partial charge in [0.05, 0.1) is 11.5 Å². The zero-order valence-corrected chi connectivity index (χ0v) is 13.0. The first kappa shape index (κ1) is 16.5. The molecule has 1 N–H and O–H groups in total. The van der Waals surface area contributed by atoms with Crippen molar-refractivity contribution in [2.45, 2.75) is 17.9 Å². The smallest absolute Gasteiger partial charge is 0.297 e. The number of aliphatic hydroxyl groups excluding tert-OH is 1. The van der Waals surface area contributed by atoms with Crippen LogP contribution < -0.4 is 4.74 Å². The van der Waals surface area contributed by atoms with Crippen LogP contribution in [-0.4, -0.2) is 32.8 Å². The zero-order chi connectivity index (χ0) is 16.0. The third-order valence-corrected chi connectivity index (χ3v) is 4.21. The minimum atomic E-state index is -3.87. The fraction of sp³-hybridized carbons (Fsp3) is 0.250. The van der Waals surface area contributed by atoms with Crippen LogP contribution in [0.25, 0.3) is 0 Å². The van der Waals surface area contributed by atoms with Crippen LogP contribution in [0.3, 0.4) is 0 Å². The standard InChI is InChI=1S/C16H18O5S/c1-13-7-9-16(10-8-13)22(18,19)21-12-14(17)11-20-15-5-3-2-4-6-15/h2-10,14,17H,11-12H2,1H3/t14-/m1/s1. The topological polar surface area (TPSA) is 72.8 Å². The summed E-state index contributed by atoms with van der Waals surface area (Å²) in [7, 11) is -3.87. The van der Waals surface area contributed by atoms with E-state index in [9.17, 15) is 13.5 Å². The molecule has 0 unspecified atom stereocenters. The lowest BCUT2D eigenvalue weighted by Crippen LogP contribution is -2.25. The zero-order valence-electron chi connectivity index (χ0n) is 12.2. The number of rotatable bonds is 7. The second kappa shape index (κ2) is 7.40. The third kappa shape index (κ3) is 4.84. The van der Waals surface area contributed by atoms with Crippen LogP contribution >= 0.6 is 0 Å². The molecule has 0 heterocycles. The third-order valence-electron chi connectivity index (χ3n) is 2.91. The van der Waals surface area contributed by atoms with Crippen molar-refractivity contribution < 1.29 is 22.4 Å². The van der Waals surface area contributed by atoms with Gasteiger partial charge in [0.25, 0.3) is 10.1 Å². The quantitative estimate of drug-likeness (QED) is 0.791. The Bertz CT molecular complexity index is 680. The Hall–Kier alpha value is -1.89. The van der Waals surface area contributed by atoms with Gasteiger partial charge in [-0.2, -0.15) is 8.42 Å². The van der Waals surface area contributed by atoms with Crippen molar-refractivity contribution in [3.05, 3.63) is 60.2 Å². The number of benzene rings is 2. The van der Waals surface area contributed by atoms with Gasteiger partial charge in [-0.15, -0.1) is 0 Å². The predicted molar refractivity (Wildman–Crippen MR) is 82.3 cm³/mol. The summed E-state index contributed by atoms with van der Waals surface area (Å²) in [5, 5.41) is 9.75. The molecule has 0 aliphatic heterocycles. The number of ether oxygens (including phenoxy) is 1. The second-order valence-corrected chi connectivity index (χ2v) is 6.44. The van der Waals surface area contributed by atoms with Crippen LogP contribution in [0.4, 0.5) is 0 Å². The van der Waals surface area contributed by atoms with Crippen LogP contribution in [0.1, 0.15) is 5.56 Å². The molecule has 0 aliphatic carbocycles. The summed E-state index contributed by atoms with van der Waals surface area (Å²) in [5.74, 6) is 0.600. The van der Waals surface area contributed by atoms with E-state index in [1.54, 1.807) is 36.4 Å². The molecule has 0 saturated heterocycles. The molecular weight excluding hydrogens is 304 g/mol. The molecule has 0 saturated carbocycles. The van der Waals surface area contributed by atoms with Gasteiger partial charge in [-0.1, -0.05) is 35.9 Å². The van der Waals surface area contributed by atoms with Crippen LogP contribution in [0, 0.1) is 6.92 Å². The molecule has 2 aromatic rings. The molecule has 0 aliphatic rings. The summed E-state index contributed by atoms with van der Waals surface area (Å²) in [5.41, 5.74) is 0.954. The Morgan fingerprint density at radius 1 is 1.00 bits per heavy atom. The fourth-order valence-corrected chi connectivity index (χ4v) is 2.64. The van der Waals surface area contributed by atoms with E-state index in [-0.39, 0.29) is 18.1 Å². The van der Waals surface area contributed by atoms with Crippen LogP contribution in [-0.2, 0) is 14.3 Å². The van der Waals surface area contributed by atoms with Gasteiger partial charge in [0.15, 0.2) is 0 Å². The van der Waals surface area contributed by atoms with Gasteiger partial charge in [0.1, 0.15) is 18.5 Å². The monoisotopic (exact) mass is 322 g/mol. The summed E-state index contributed by atoms with van der Waals surface area (Å²) >= 11 is 0. The van der Waals surface area contributed by atoms with Crippen molar-refractivity contribution in [1.29, 1.82) is 0 Å². The van der Waals surface area contributed by atoms with Crippen molar-refractivity contribution in [3.63, 3.8) is 0 Å².